The Morgan fingerprint density at radius 1 is 0.822 bits per heavy atom. The van der Waals surface area contributed by atoms with Gasteiger partial charge in [0.1, 0.15) is 24.0 Å². The van der Waals surface area contributed by atoms with Gasteiger partial charge in [-0.2, -0.15) is 0 Å². The van der Waals surface area contributed by atoms with Crippen LogP contribution >= 0.6 is 0 Å². The maximum absolute atomic E-state index is 13.6. The molecule has 3 amide bonds. The van der Waals surface area contributed by atoms with Gasteiger partial charge in [-0.1, -0.05) is 68.4 Å². The molecule has 1 aliphatic rings. The van der Waals surface area contributed by atoms with Gasteiger partial charge in [0.05, 0.1) is 0 Å². The molecule has 0 saturated heterocycles. The number of hydrogen-bond donors (Lipinski definition) is 3. The Balaban J connectivity index is 1.40. The Morgan fingerprint density at radius 3 is 2.13 bits per heavy atom. The third-order valence-electron chi connectivity index (χ3n) is 8.23. The molecular formula is C37H47N3O5. The molecule has 45 heavy (non-hydrogen) atoms. The van der Waals surface area contributed by atoms with Crippen LogP contribution in [0.1, 0.15) is 80.9 Å². The molecule has 4 atom stereocenters. The summed E-state index contributed by atoms with van der Waals surface area (Å²) in [6.07, 6.45) is 2.77. The summed E-state index contributed by atoms with van der Waals surface area (Å²) in [5, 5.41) is 8.91. The Hall–Kier alpha value is -4.33. The van der Waals surface area contributed by atoms with Crippen LogP contribution in [0.4, 0.5) is 4.79 Å². The van der Waals surface area contributed by atoms with Gasteiger partial charge in [-0.25, -0.2) is 4.79 Å². The van der Waals surface area contributed by atoms with Crippen LogP contribution in [0.3, 0.4) is 0 Å². The quantitative estimate of drug-likeness (QED) is 0.227. The van der Waals surface area contributed by atoms with Crippen LogP contribution in [-0.2, 0) is 29.1 Å². The topological polar surface area (TPSA) is 106 Å². The third-order valence-corrected chi connectivity index (χ3v) is 8.23. The van der Waals surface area contributed by atoms with Crippen molar-refractivity contribution in [2.75, 3.05) is 0 Å². The number of carbonyl (C=O) groups excluding carboxylic acids is 3. The van der Waals surface area contributed by atoms with Crippen LogP contribution in [0, 0.1) is 11.8 Å². The molecule has 0 aromatic heterocycles. The summed E-state index contributed by atoms with van der Waals surface area (Å²) in [5.41, 5.74) is 2.66. The van der Waals surface area contributed by atoms with Crippen molar-refractivity contribution in [3.63, 3.8) is 0 Å². The van der Waals surface area contributed by atoms with E-state index >= 15 is 0 Å². The molecule has 240 valence electrons. The van der Waals surface area contributed by atoms with Gasteiger partial charge >= 0.3 is 6.09 Å². The second kappa shape index (κ2) is 15.6. The summed E-state index contributed by atoms with van der Waals surface area (Å²) in [6, 6.07) is 23.9. The van der Waals surface area contributed by atoms with E-state index in [0.29, 0.717) is 30.4 Å². The van der Waals surface area contributed by atoms with Crippen molar-refractivity contribution < 1.29 is 23.9 Å². The average Bonchev–Trinajstić information content (AvgIpc) is 3.01. The molecule has 4 rings (SSSR count). The Morgan fingerprint density at radius 2 is 1.49 bits per heavy atom. The van der Waals surface area contributed by atoms with Crippen LogP contribution in [-0.4, -0.2) is 35.6 Å². The molecule has 1 saturated carbocycles. The van der Waals surface area contributed by atoms with Gasteiger partial charge in [-0.05, 0) is 92.8 Å². The predicted molar refractivity (Wildman–Crippen MR) is 176 cm³/mol. The summed E-state index contributed by atoms with van der Waals surface area (Å²) >= 11 is 0. The van der Waals surface area contributed by atoms with Gasteiger partial charge in [0.15, 0.2) is 0 Å². The number of alkyl carbamates (subject to hydrolysis) is 1. The Labute approximate surface area is 267 Å². The zero-order valence-corrected chi connectivity index (χ0v) is 27.1. The molecule has 1 aliphatic carbocycles. The highest BCUT2D eigenvalue weighted by molar-refractivity contribution is 5.97. The third kappa shape index (κ3) is 11.0. The number of nitrogens with one attached hydrogen (secondary N) is 3. The SMILES string of the molecule is CC1CCC(NC(=O)[C@H](Cc2ccc(OCc3ccccc3)cc2)NC(=O)c2ccc(CNC(=O)OC(C)(C)C)cc2)CC1C. The standard InChI is InChI=1S/C37H47N3O5/c1-25-11-18-31(21-26(25)2)39-35(42)33(22-27-14-19-32(20-15-27)44-24-29-9-7-6-8-10-29)40-34(41)30-16-12-28(13-17-30)23-38-36(43)45-37(3,4)5/h6-10,12-17,19-20,25-26,31,33H,11,18,21-24H2,1-5H3,(H,38,43)(H,39,42)(H,40,41)/t25?,26?,31?,33-/m0/s1. The normalized spacial score (nSPS) is 18.7. The van der Waals surface area contributed by atoms with Crippen LogP contribution in [0.25, 0.3) is 0 Å². The van der Waals surface area contributed by atoms with Crippen molar-refractivity contribution in [1.29, 1.82) is 0 Å². The van der Waals surface area contributed by atoms with Crippen molar-refractivity contribution in [2.45, 2.75) is 91.1 Å². The summed E-state index contributed by atoms with van der Waals surface area (Å²) in [7, 11) is 0. The van der Waals surface area contributed by atoms with E-state index in [0.717, 1.165) is 41.7 Å². The molecule has 3 N–H and O–H groups in total. The first-order chi connectivity index (χ1) is 21.4. The van der Waals surface area contributed by atoms with E-state index in [-0.39, 0.29) is 24.4 Å². The maximum Gasteiger partial charge on any atom is 0.407 e. The van der Waals surface area contributed by atoms with Crippen molar-refractivity contribution in [1.82, 2.24) is 16.0 Å². The van der Waals surface area contributed by atoms with E-state index in [1.807, 2.05) is 54.6 Å². The van der Waals surface area contributed by atoms with Gasteiger partial charge in [0.2, 0.25) is 5.91 Å². The van der Waals surface area contributed by atoms with Gasteiger partial charge in [-0.15, -0.1) is 0 Å². The lowest BCUT2D eigenvalue weighted by molar-refractivity contribution is -0.124. The molecule has 8 nitrogen and oxygen atoms in total. The first kappa shape index (κ1) is 33.6. The molecule has 0 aliphatic heterocycles. The highest BCUT2D eigenvalue weighted by atomic mass is 16.6. The highest BCUT2D eigenvalue weighted by Gasteiger charge is 2.29. The molecule has 0 radical (unpaired) electrons. The van der Waals surface area contributed by atoms with E-state index in [2.05, 4.69) is 29.8 Å². The van der Waals surface area contributed by atoms with Gasteiger partial charge in [0.25, 0.3) is 5.91 Å². The number of hydrogen-bond acceptors (Lipinski definition) is 5. The number of ether oxygens (including phenoxy) is 2. The summed E-state index contributed by atoms with van der Waals surface area (Å²) in [6.45, 7) is 10.6. The molecule has 3 unspecified atom stereocenters. The second-order valence-corrected chi connectivity index (χ2v) is 13.2. The predicted octanol–water partition coefficient (Wildman–Crippen LogP) is 6.57. The summed E-state index contributed by atoms with van der Waals surface area (Å²) in [5.74, 6) is 1.38. The molecule has 1 fully saturated rings. The van der Waals surface area contributed by atoms with E-state index in [4.69, 9.17) is 9.47 Å². The number of benzene rings is 3. The minimum Gasteiger partial charge on any atom is -0.489 e. The fraction of sp³-hybridized carbons (Fsp3) is 0.432. The summed E-state index contributed by atoms with van der Waals surface area (Å²) < 4.78 is 11.2. The van der Waals surface area contributed by atoms with Crippen LogP contribution in [0.2, 0.25) is 0 Å². The smallest absolute Gasteiger partial charge is 0.407 e. The highest BCUT2D eigenvalue weighted by Crippen LogP contribution is 2.29. The first-order valence-electron chi connectivity index (χ1n) is 15.9. The van der Waals surface area contributed by atoms with Crippen molar-refractivity contribution >= 4 is 17.9 Å². The van der Waals surface area contributed by atoms with Gasteiger partial charge in [0, 0.05) is 24.6 Å². The minimum atomic E-state index is -0.753. The fourth-order valence-corrected chi connectivity index (χ4v) is 5.39. The largest absolute Gasteiger partial charge is 0.489 e. The zero-order chi connectivity index (χ0) is 32.4. The lowest BCUT2D eigenvalue weighted by atomic mass is 9.79. The minimum absolute atomic E-state index is 0.0913. The van der Waals surface area contributed by atoms with Crippen LogP contribution in [0.15, 0.2) is 78.9 Å². The van der Waals surface area contributed by atoms with Crippen LogP contribution < -0.4 is 20.7 Å². The number of rotatable bonds is 11. The molecule has 3 aromatic carbocycles. The van der Waals surface area contributed by atoms with E-state index < -0.39 is 17.7 Å². The van der Waals surface area contributed by atoms with Crippen molar-refractivity contribution in [2.24, 2.45) is 11.8 Å². The molecule has 0 spiro atoms. The van der Waals surface area contributed by atoms with Crippen molar-refractivity contribution in [3.8, 4) is 5.75 Å². The lowest BCUT2D eigenvalue weighted by Gasteiger charge is -2.33. The summed E-state index contributed by atoms with van der Waals surface area (Å²) in [4.78, 5) is 38.9. The Kier molecular flexibility index (Phi) is 11.6. The van der Waals surface area contributed by atoms with Crippen LogP contribution in [0.5, 0.6) is 5.75 Å². The molecule has 8 heteroatoms. The fourth-order valence-electron chi connectivity index (χ4n) is 5.39. The first-order valence-corrected chi connectivity index (χ1v) is 15.9. The molecule has 0 bridgehead atoms. The number of carbonyl (C=O) groups is 3. The number of amides is 3. The van der Waals surface area contributed by atoms with Crippen molar-refractivity contribution in [3.05, 3.63) is 101 Å². The van der Waals surface area contributed by atoms with Gasteiger partial charge < -0.3 is 25.4 Å². The van der Waals surface area contributed by atoms with E-state index in [1.165, 1.54) is 0 Å². The van der Waals surface area contributed by atoms with E-state index in [9.17, 15) is 14.4 Å². The monoisotopic (exact) mass is 613 g/mol. The van der Waals surface area contributed by atoms with Gasteiger partial charge in [-0.3, -0.25) is 9.59 Å². The maximum atomic E-state index is 13.6. The second-order valence-electron chi connectivity index (χ2n) is 13.2. The molecule has 0 heterocycles. The van der Waals surface area contributed by atoms with E-state index in [1.54, 1.807) is 45.0 Å². The molecule has 3 aromatic rings. The zero-order valence-electron chi connectivity index (χ0n) is 27.1. The Bertz CT molecular complexity index is 1400. The lowest BCUT2D eigenvalue weighted by Crippen LogP contribution is -2.51. The molecular weight excluding hydrogens is 566 g/mol. The average molecular weight is 614 g/mol.